The maximum absolute atomic E-state index is 13.5. The highest BCUT2D eigenvalue weighted by atomic mass is 19.1. The van der Waals surface area contributed by atoms with E-state index in [2.05, 4.69) is 20.1 Å². The number of H-pyrrole nitrogens is 1. The highest BCUT2D eigenvalue weighted by Gasteiger charge is 2.22. The summed E-state index contributed by atoms with van der Waals surface area (Å²) in [4.78, 5) is 19.5. The summed E-state index contributed by atoms with van der Waals surface area (Å²) in [6.45, 7) is 4.68. The summed E-state index contributed by atoms with van der Waals surface area (Å²) < 4.78 is 18.9. The number of pyridine rings is 1. The minimum atomic E-state index is -0.225. The molecule has 2 saturated heterocycles. The molecule has 6 nitrogen and oxygen atoms in total. The lowest BCUT2D eigenvalue weighted by Crippen LogP contribution is -2.43. The van der Waals surface area contributed by atoms with Crippen LogP contribution in [0, 0.1) is 5.82 Å². The monoisotopic (exact) mass is 372 g/mol. The van der Waals surface area contributed by atoms with Crippen LogP contribution in [0.3, 0.4) is 0 Å². The molecule has 144 valence electrons. The molecule has 1 aromatic carbocycles. The van der Waals surface area contributed by atoms with Gasteiger partial charge in [0.25, 0.3) is 5.56 Å². The van der Waals surface area contributed by atoms with Crippen molar-refractivity contribution in [3.63, 3.8) is 0 Å². The predicted molar refractivity (Wildman–Crippen MR) is 105 cm³/mol. The first-order chi connectivity index (χ1) is 13.2. The van der Waals surface area contributed by atoms with E-state index in [4.69, 9.17) is 4.74 Å². The van der Waals surface area contributed by atoms with Crippen LogP contribution in [-0.2, 0) is 4.74 Å². The molecule has 27 heavy (non-hydrogen) atoms. The van der Waals surface area contributed by atoms with Crippen molar-refractivity contribution in [1.82, 2.24) is 4.98 Å². The molecule has 2 aliphatic heterocycles. The molecule has 0 amide bonds. The number of benzene rings is 1. The number of ether oxygens (including phenoxy) is 1. The number of morpholine rings is 1. The molecule has 1 aromatic heterocycles. The van der Waals surface area contributed by atoms with E-state index in [9.17, 15) is 9.18 Å². The van der Waals surface area contributed by atoms with Crippen molar-refractivity contribution in [2.75, 3.05) is 54.5 Å². The second-order valence-corrected chi connectivity index (χ2v) is 7.11. The van der Waals surface area contributed by atoms with Gasteiger partial charge in [0.05, 0.1) is 18.9 Å². The highest BCUT2D eigenvalue weighted by Crippen LogP contribution is 2.23. The first kappa shape index (κ1) is 17.9. The van der Waals surface area contributed by atoms with Crippen LogP contribution in [-0.4, -0.2) is 50.4 Å². The largest absolute Gasteiger partial charge is 0.378 e. The molecule has 7 heteroatoms. The number of nitrogens with one attached hydrogen (secondary N) is 2. The molecule has 2 N–H and O–H groups in total. The fourth-order valence-electron chi connectivity index (χ4n) is 3.81. The third-order valence-corrected chi connectivity index (χ3v) is 5.22. The molecule has 0 unspecified atom stereocenters. The maximum atomic E-state index is 13.5. The molecule has 2 fully saturated rings. The summed E-state index contributed by atoms with van der Waals surface area (Å²) >= 11 is 0. The Bertz CT molecular complexity index is 835. The molecule has 0 saturated carbocycles. The first-order valence-corrected chi connectivity index (χ1v) is 9.51. The topological polar surface area (TPSA) is 60.6 Å². The van der Waals surface area contributed by atoms with Crippen molar-refractivity contribution in [2.45, 2.75) is 18.9 Å². The molecular weight excluding hydrogens is 347 g/mol. The zero-order valence-corrected chi connectivity index (χ0v) is 15.3. The number of piperidine rings is 1. The van der Waals surface area contributed by atoms with Crippen molar-refractivity contribution < 1.29 is 9.13 Å². The Morgan fingerprint density at radius 2 is 1.96 bits per heavy atom. The van der Waals surface area contributed by atoms with Crippen molar-refractivity contribution in [3.05, 3.63) is 52.7 Å². The van der Waals surface area contributed by atoms with E-state index >= 15 is 0 Å². The smallest absolute Gasteiger partial charge is 0.271 e. The average Bonchev–Trinajstić information content (AvgIpc) is 2.71. The van der Waals surface area contributed by atoms with E-state index in [1.165, 1.54) is 6.07 Å². The van der Waals surface area contributed by atoms with Gasteiger partial charge in [-0.25, -0.2) is 4.39 Å². The Hall–Kier alpha value is -2.54. The summed E-state index contributed by atoms with van der Waals surface area (Å²) in [7, 11) is 0. The van der Waals surface area contributed by atoms with Crippen LogP contribution >= 0.6 is 0 Å². The Labute approximate surface area is 157 Å². The van der Waals surface area contributed by atoms with Gasteiger partial charge in [-0.1, -0.05) is 6.07 Å². The first-order valence-electron chi connectivity index (χ1n) is 9.51. The van der Waals surface area contributed by atoms with Gasteiger partial charge in [-0.05, 0) is 37.1 Å². The van der Waals surface area contributed by atoms with Gasteiger partial charge < -0.3 is 24.8 Å². The van der Waals surface area contributed by atoms with Crippen molar-refractivity contribution in [1.29, 1.82) is 0 Å². The summed E-state index contributed by atoms with van der Waals surface area (Å²) in [5.41, 5.74) is 2.36. The molecule has 3 heterocycles. The van der Waals surface area contributed by atoms with Gasteiger partial charge in [-0.15, -0.1) is 0 Å². The summed E-state index contributed by atoms with van der Waals surface area (Å²) in [5, 5.41) is 3.41. The number of anilines is 3. The van der Waals surface area contributed by atoms with E-state index in [0.717, 1.165) is 50.4 Å². The number of nitrogens with zero attached hydrogens (tertiary/aromatic N) is 2. The molecular formula is C20H25FN4O2. The fraction of sp³-hybridized carbons (Fsp3) is 0.450. The number of hydrogen-bond donors (Lipinski definition) is 2. The molecule has 1 atom stereocenters. The fourth-order valence-corrected chi connectivity index (χ4v) is 3.81. The highest BCUT2D eigenvalue weighted by molar-refractivity contribution is 5.56. The molecule has 2 aliphatic rings. The van der Waals surface area contributed by atoms with E-state index < -0.39 is 0 Å². The second kappa shape index (κ2) is 8.00. The SMILES string of the molecule is O=c1[nH]cc(N2CCOCC2)cc1N[C@@H]1CCCN(c2cccc(F)c2)C1. The standard InChI is InChI=1S/C20H25FN4O2/c21-15-3-1-5-17(11-15)25-6-2-4-16(14-25)23-19-12-18(13-22-20(19)26)24-7-9-27-10-8-24/h1,3,5,11-13,16,23H,2,4,6-10,14H2,(H,22,26)/t16-/m1/s1. The summed E-state index contributed by atoms with van der Waals surface area (Å²) in [6.07, 6.45) is 3.74. The Kier molecular flexibility index (Phi) is 5.29. The third kappa shape index (κ3) is 4.24. The predicted octanol–water partition coefficient (Wildman–Crippen LogP) is 2.43. The minimum Gasteiger partial charge on any atom is -0.378 e. The minimum absolute atomic E-state index is 0.116. The lowest BCUT2D eigenvalue weighted by Gasteiger charge is -2.35. The lowest BCUT2D eigenvalue weighted by atomic mass is 10.0. The normalized spacial score (nSPS) is 20.6. The van der Waals surface area contributed by atoms with Crippen molar-refractivity contribution in [2.24, 2.45) is 0 Å². The van der Waals surface area contributed by atoms with Crippen LogP contribution in [0.4, 0.5) is 21.5 Å². The van der Waals surface area contributed by atoms with Crippen molar-refractivity contribution >= 4 is 17.1 Å². The Morgan fingerprint density at radius 3 is 2.78 bits per heavy atom. The number of halogens is 1. The molecule has 4 rings (SSSR count). The van der Waals surface area contributed by atoms with Crippen LogP contribution in [0.5, 0.6) is 0 Å². The zero-order chi connectivity index (χ0) is 18.6. The number of aromatic amines is 1. The number of aromatic nitrogens is 1. The van der Waals surface area contributed by atoms with Gasteiger partial charge in [0.15, 0.2) is 0 Å². The summed E-state index contributed by atoms with van der Waals surface area (Å²) in [5.74, 6) is -0.225. The van der Waals surface area contributed by atoms with Crippen molar-refractivity contribution in [3.8, 4) is 0 Å². The Morgan fingerprint density at radius 1 is 1.11 bits per heavy atom. The van der Waals surface area contributed by atoms with E-state index in [1.807, 2.05) is 12.1 Å². The average molecular weight is 372 g/mol. The van der Waals surface area contributed by atoms with Crippen LogP contribution in [0.15, 0.2) is 41.3 Å². The van der Waals surface area contributed by atoms with Gasteiger partial charge in [-0.3, -0.25) is 4.79 Å². The zero-order valence-electron chi connectivity index (χ0n) is 15.3. The van der Waals surface area contributed by atoms with Crippen LogP contribution in [0.1, 0.15) is 12.8 Å². The molecule has 0 spiro atoms. The van der Waals surface area contributed by atoms with Crippen LogP contribution < -0.4 is 20.7 Å². The van der Waals surface area contributed by atoms with Gasteiger partial charge in [0, 0.05) is 44.1 Å². The van der Waals surface area contributed by atoms with Gasteiger partial charge in [0.1, 0.15) is 11.5 Å². The second-order valence-electron chi connectivity index (χ2n) is 7.11. The number of hydrogen-bond acceptors (Lipinski definition) is 5. The van der Waals surface area contributed by atoms with Crippen LogP contribution in [0.2, 0.25) is 0 Å². The summed E-state index contributed by atoms with van der Waals surface area (Å²) in [6, 6.07) is 8.75. The van der Waals surface area contributed by atoms with Crippen LogP contribution in [0.25, 0.3) is 0 Å². The number of rotatable bonds is 4. The van der Waals surface area contributed by atoms with E-state index in [0.29, 0.717) is 18.9 Å². The molecule has 0 radical (unpaired) electrons. The Balaban J connectivity index is 1.47. The van der Waals surface area contributed by atoms with Gasteiger partial charge in [0.2, 0.25) is 0 Å². The maximum Gasteiger partial charge on any atom is 0.271 e. The molecule has 2 aromatic rings. The third-order valence-electron chi connectivity index (χ3n) is 5.22. The molecule has 0 bridgehead atoms. The van der Waals surface area contributed by atoms with E-state index in [1.54, 1.807) is 18.3 Å². The quantitative estimate of drug-likeness (QED) is 0.863. The van der Waals surface area contributed by atoms with Gasteiger partial charge >= 0.3 is 0 Å². The van der Waals surface area contributed by atoms with E-state index in [-0.39, 0.29) is 17.4 Å². The molecule has 0 aliphatic carbocycles. The van der Waals surface area contributed by atoms with Gasteiger partial charge in [-0.2, -0.15) is 0 Å². The lowest BCUT2D eigenvalue weighted by molar-refractivity contribution is 0.122.